The summed E-state index contributed by atoms with van der Waals surface area (Å²) in [5, 5.41) is 9.14. The minimum atomic E-state index is 0.0429. The molecule has 4 aliphatic carbocycles. The van der Waals surface area contributed by atoms with Gasteiger partial charge in [0.15, 0.2) is 0 Å². The summed E-state index contributed by atoms with van der Waals surface area (Å²) >= 11 is 7.26. The van der Waals surface area contributed by atoms with Crippen molar-refractivity contribution in [3.8, 4) is 22.8 Å². The van der Waals surface area contributed by atoms with Crippen LogP contribution in [-0.4, -0.2) is 47.1 Å². The zero-order valence-corrected chi connectivity index (χ0v) is 25.0. The molecule has 2 aromatic rings. The van der Waals surface area contributed by atoms with Gasteiger partial charge in [-0.1, -0.05) is 36.8 Å². The van der Waals surface area contributed by atoms with Crippen molar-refractivity contribution in [1.29, 1.82) is 0 Å². The average Bonchev–Trinajstić information content (AvgIpc) is 3.47. The van der Waals surface area contributed by atoms with E-state index in [1.165, 1.54) is 43.9 Å². The number of ether oxygens (including phenoxy) is 2. The Hall–Kier alpha value is -2.29. The Morgan fingerprint density at radius 1 is 1.02 bits per heavy atom. The maximum Gasteiger partial charge on any atom is 0.266 e. The summed E-state index contributed by atoms with van der Waals surface area (Å²) in [6.45, 7) is 0.226. The molecule has 5 aliphatic rings. The number of methoxy groups -OCH3 is 2. The fourth-order valence-electron chi connectivity index (χ4n) is 7.85. The van der Waals surface area contributed by atoms with E-state index >= 15 is 0 Å². The largest absolute Gasteiger partial charge is 0.497 e. The Morgan fingerprint density at radius 2 is 1.75 bits per heavy atom. The summed E-state index contributed by atoms with van der Waals surface area (Å²) < 4.78 is 18.2. The van der Waals surface area contributed by atoms with Gasteiger partial charge in [-0.25, -0.2) is 0 Å². The van der Waals surface area contributed by atoms with E-state index in [1.807, 2.05) is 29.2 Å². The predicted molar refractivity (Wildman–Crippen MR) is 162 cm³/mol. The molecule has 7 rings (SSSR count). The van der Waals surface area contributed by atoms with Gasteiger partial charge in [0.25, 0.3) is 5.91 Å². The van der Waals surface area contributed by atoms with Crippen LogP contribution in [0.25, 0.3) is 17.4 Å². The van der Waals surface area contributed by atoms with E-state index in [-0.39, 0.29) is 18.6 Å². The highest BCUT2D eigenvalue weighted by molar-refractivity contribution is 8.26. The smallest absolute Gasteiger partial charge is 0.266 e. The monoisotopic (exact) mass is 581 g/mol. The predicted octanol–water partition coefficient (Wildman–Crippen LogP) is 7.08. The molecular weight excluding hydrogens is 542 g/mol. The van der Waals surface area contributed by atoms with Gasteiger partial charge in [0.1, 0.15) is 27.3 Å². The number of furan rings is 1. The van der Waals surface area contributed by atoms with Gasteiger partial charge in [0.2, 0.25) is 0 Å². The third-order valence-corrected chi connectivity index (χ3v) is 10.8. The lowest BCUT2D eigenvalue weighted by molar-refractivity contribution is -0.130. The lowest BCUT2D eigenvalue weighted by atomic mass is 9.54. The van der Waals surface area contributed by atoms with Crippen LogP contribution < -0.4 is 9.47 Å². The third kappa shape index (κ3) is 5.35. The van der Waals surface area contributed by atoms with Crippen molar-refractivity contribution in [2.24, 2.45) is 23.7 Å². The Kier molecular flexibility index (Phi) is 8.29. The van der Waals surface area contributed by atoms with Crippen molar-refractivity contribution in [3.63, 3.8) is 0 Å². The summed E-state index contributed by atoms with van der Waals surface area (Å²) in [6, 6.07) is 8.01. The van der Waals surface area contributed by atoms with Crippen molar-refractivity contribution in [1.82, 2.24) is 4.90 Å². The van der Waals surface area contributed by atoms with Crippen LogP contribution in [0.15, 0.2) is 33.6 Å². The van der Waals surface area contributed by atoms with Crippen molar-refractivity contribution >= 4 is 40.3 Å². The molecule has 1 saturated heterocycles. The third-order valence-electron chi connectivity index (χ3n) is 9.43. The van der Waals surface area contributed by atoms with Gasteiger partial charge in [0.05, 0.1) is 24.7 Å². The fourth-order valence-corrected chi connectivity index (χ4v) is 9.17. The van der Waals surface area contributed by atoms with Gasteiger partial charge in [-0.3, -0.25) is 9.69 Å². The molecule has 4 saturated carbocycles. The first kappa shape index (κ1) is 27.9. The zero-order chi connectivity index (χ0) is 27.8. The second kappa shape index (κ2) is 11.9. The molecule has 0 radical (unpaired) electrons. The van der Waals surface area contributed by atoms with Gasteiger partial charge < -0.3 is 19.0 Å². The Balaban J connectivity index is 1.28. The topological polar surface area (TPSA) is 72.1 Å². The second-order valence-electron chi connectivity index (χ2n) is 11.9. The number of carbonyl (C=O) groups excluding carboxylic acids is 1. The summed E-state index contributed by atoms with van der Waals surface area (Å²) in [4.78, 5) is 16.5. The number of thiocarbonyl (C=S) groups is 1. The van der Waals surface area contributed by atoms with Crippen molar-refractivity contribution in [2.45, 2.75) is 70.3 Å². The zero-order valence-electron chi connectivity index (χ0n) is 23.4. The van der Waals surface area contributed by atoms with Gasteiger partial charge in [-0.05, 0) is 98.8 Å². The van der Waals surface area contributed by atoms with E-state index in [4.69, 9.17) is 31.2 Å². The number of rotatable bonds is 11. The highest BCUT2D eigenvalue weighted by Gasteiger charge is 2.53. The molecule has 214 valence electrons. The number of aryl methyl sites for hydroxylation is 1. The Labute approximate surface area is 246 Å². The number of aliphatic hydroxyl groups excluding tert-OH is 1. The summed E-state index contributed by atoms with van der Waals surface area (Å²) in [6.07, 6.45) is 13.0. The van der Waals surface area contributed by atoms with Crippen LogP contribution in [0.3, 0.4) is 0 Å². The number of nitrogens with zero attached hydrogens (tertiary/aromatic N) is 1. The Bertz CT molecular complexity index is 1270. The molecule has 0 unspecified atom stereocenters. The van der Waals surface area contributed by atoms with E-state index in [0.29, 0.717) is 44.1 Å². The molecule has 1 aromatic heterocycles. The number of carbonyl (C=O) groups is 1. The Morgan fingerprint density at radius 3 is 2.42 bits per heavy atom. The van der Waals surface area contributed by atoms with Crippen LogP contribution >= 0.6 is 24.0 Å². The molecule has 1 aliphatic heterocycles. The number of hydrogen-bond acceptors (Lipinski definition) is 7. The molecule has 40 heavy (non-hydrogen) atoms. The fraction of sp³-hybridized carbons (Fsp3) is 0.562. The lowest BCUT2D eigenvalue weighted by Crippen LogP contribution is -2.57. The first-order valence-corrected chi connectivity index (χ1v) is 15.9. The number of amides is 1. The lowest BCUT2D eigenvalue weighted by Gasteiger charge is -2.56. The molecular formula is C32H39NO5S2. The first-order chi connectivity index (χ1) is 19.5. The number of aliphatic hydroxyl groups is 1. The van der Waals surface area contributed by atoms with E-state index in [2.05, 4.69) is 6.07 Å². The van der Waals surface area contributed by atoms with Crippen LogP contribution in [-0.2, 0) is 11.2 Å². The molecule has 8 heteroatoms. The molecule has 0 spiro atoms. The van der Waals surface area contributed by atoms with E-state index in [9.17, 15) is 4.79 Å². The molecule has 6 nitrogen and oxygen atoms in total. The van der Waals surface area contributed by atoms with Crippen molar-refractivity contribution in [2.75, 3.05) is 20.8 Å². The van der Waals surface area contributed by atoms with Crippen LogP contribution in [0, 0.1) is 23.7 Å². The molecule has 4 bridgehead atoms. The number of thioether (sulfide) groups is 1. The van der Waals surface area contributed by atoms with Gasteiger partial charge >= 0.3 is 0 Å². The van der Waals surface area contributed by atoms with Crippen molar-refractivity contribution in [3.05, 3.63) is 40.5 Å². The van der Waals surface area contributed by atoms with E-state index in [0.717, 1.165) is 55.1 Å². The highest BCUT2D eigenvalue weighted by Crippen LogP contribution is 2.56. The van der Waals surface area contributed by atoms with Crippen LogP contribution in [0.4, 0.5) is 0 Å². The summed E-state index contributed by atoms with van der Waals surface area (Å²) in [7, 11) is 3.27. The maximum absolute atomic E-state index is 13.9. The van der Waals surface area contributed by atoms with Gasteiger partial charge in [0, 0.05) is 24.8 Å². The first-order valence-electron chi connectivity index (χ1n) is 14.7. The quantitative estimate of drug-likeness (QED) is 0.173. The molecule has 1 N–H and O–H groups in total. The molecule has 1 amide bonds. The van der Waals surface area contributed by atoms with Crippen LogP contribution in [0.5, 0.6) is 11.5 Å². The number of benzene rings is 1. The van der Waals surface area contributed by atoms with Gasteiger partial charge in [-0.2, -0.15) is 0 Å². The minimum absolute atomic E-state index is 0.0429. The van der Waals surface area contributed by atoms with E-state index in [1.54, 1.807) is 14.2 Å². The van der Waals surface area contributed by atoms with Crippen molar-refractivity contribution < 1.29 is 23.8 Å². The number of unbranched alkanes of at least 4 members (excludes halogenated alkanes) is 3. The molecule has 2 heterocycles. The second-order valence-corrected chi connectivity index (χ2v) is 13.6. The van der Waals surface area contributed by atoms with E-state index < -0.39 is 0 Å². The number of hydrogen-bond donors (Lipinski definition) is 1. The molecule has 0 atom stereocenters. The highest BCUT2D eigenvalue weighted by atomic mass is 32.2. The normalized spacial score (nSPS) is 28.2. The minimum Gasteiger partial charge on any atom is -0.497 e. The maximum atomic E-state index is 13.9. The van der Waals surface area contributed by atoms with Crippen LogP contribution in [0.2, 0.25) is 0 Å². The van der Waals surface area contributed by atoms with Gasteiger partial charge in [-0.15, -0.1) is 0 Å². The molecule has 1 aromatic carbocycles. The van der Waals surface area contributed by atoms with Crippen LogP contribution in [0.1, 0.15) is 69.1 Å². The SMILES string of the molecule is COc1ccc(-c2cc(CCCCCCO)c(/C=C3\SC(=S)N(C4C5CC6CC(C5)CC4C6)C3=O)o2)c(OC)c1. The summed E-state index contributed by atoms with van der Waals surface area (Å²) in [5.74, 6) is 5.71. The average molecular weight is 582 g/mol. The molecule has 5 fully saturated rings. The summed E-state index contributed by atoms with van der Waals surface area (Å²) in [5.41, 5.74) is 1.90. The standard InChI is InChI=1S/C32H39NO5S2/c1-36-24-8-9-25(27(17-24)37-2)28-16-21(7-5-3-4-6-10-34)26(38-28)18-29-31(35)33(32(39)40-29)30-22-12-19-11-20(14-22)15-23(30)13-19/h8-9,16-20,22-23,30,34H,3-7,10-15H2,1-2H3/b29-18-.